The van der Waals surface area contributed by atoms with E-state index < -0.39 is 5.97 Å². The lowest BCUT2D eigenvalue weighted by Gasteiger charge is -2.07. The van der Waals surface area contributed by atoms with Crippen molar-refractivity contribution in [2.45, 2.75) is 45.4 Å². The van der Waals surface area contributed by atoms with Crippen LogP contribution in [0.25, 0.3) is 0 Å². The molecule has 0 saturated heterocycles. The molecule has 0 aliphatic heterocycles. The summed E-state index contributed by atoms with van der Waals surface area (Å²) in [5.41, 5.74) is 2.35. The molecule has 0 fully saturated rings. The number of carboxylic acids is 1. The van der Waals surface area contributed by atoms with E-state index >= 15 is 0 Å². The van der Waals surface area contributed by atoms with Gasteiger partial charge in [-0.3, -0.25) is 0 Å². The van der Waals surface area contributed by atoms with Crippen LogP contribution in [0.3, 0.4) is 0 Å². The molecule has 1 aromatic heterocycles. The van der Waals surface area contributed by atoms with Crippen LogP contribution >= 0.6 is 0 Å². The van der Waals surface area contributed by atoms with E-state index in [0.717, 1.165) is 37.2 Å². The van der Waals surface area contributed by atoms with E-state index in [-0.39, 0.29) is 5.69 Å². The van der Waals surface area contributed by atoms with Crippen LogP contribution in [-0.4, -0.2) is 22.7 Å². The average molecular weight is 327 g/mol. The predicted molar refractivity (Wildman–Crippen MR) is 94.7 cm³/mol. The van der Waals surface area contributed by atoms with E-state index in [1.54, 1.807) is 12.3 Å². The second-order valence-corrected chi connectivity index (χ2v) is 5.91. The summed E-state index contributed by atoms with van der Waals surface area (Å²) < 4.78 is 5.74. The number of hydrogen-bond donors (Lipinski definition) is 1. The third-order valence-electron chi connectivity index (χ3n) is 3.94. The number of hydrogen-bond acceptors (Lipinski definition) is 3. The minimum Gasteiger partial charge on any atom is -0.494 e. The normalized spacial score (nSPS) is 10.5. The molecule has 1 N–H and O–H groups in total. The highest BCUT2D eigenvalue weighted by Gasteiger charge is 2.04. The Hall–Kier alpha value is -2.36. The lowest BCUT2D eigenvalue weighted by atomic mass is 10.1. The van der Waals surface area contributed by atoms with E-state index in [2.05, 4.69) is 24.0 Å². The molecule has 4 nitrogen and oxygen atoms in total. The molecule has 1 heterocycles. The van der Waals surface area contributed by atoms with Gasteiger partial charge in [0.1, 0.15) is 11.4 Å². The van der Waals surface area contributed by atoms with Crippen molar-refractivity contribution in [1.82, 2.24) is 4.98 Å². The predicted octanol–water partition coefficient (Wildman–Crippen LogP) is 4.52. The minimum absolute atomic E-state index is 0.0826. The van der Waals surface area contributed by atoms with Gasteiger partial charge in [0.15, 0.2) is 0 Å². The molecule has 0 aliphatic rings. The largest absolute Gasteiger partial charge is 0.494 e. The molecule has 0 spiro atoms. The van der Waals surface area contributed by atoms with Crippen molar-refractivity contribution in [1.29, 1.82) is 0 Å². The van der Waals surface area contributed by atoms with Gasteiger partial charge in [-0.05, 0) is 48.6 Å². The zero-order chi connectivity index (χ0) is 17.2. The fourth-order valence-corrected chi connectivity index (χ4v) is 2.46. The van der Waals surface area contributed by atoms with Crippen molar-refractivity contribution in [2.24, 2.45) is 0 Å². The summed E-state index contributed by atoms with van der Waals surface area (Å²) in [5, 5.41) is 8.84. The van der Waals surface area contributed by atoms with Gasteiger partial charge >= 0.3 is 5.97 Å². The van der Waals surface area contributed by atoms with Gasteiger partial charge in [-0.25, -0.2) is 9.78 Å². The summed E-state index contributed by atoms with van der Waals surface area (Å²) in [6.07, 6.45) is 8.21. The molecule has 128 valence electrons. The smallest absolute Gasteiger partial charge is 0.354 e. The van der Waals surface area contributed by atoms with Gasteiger partial charge < -0.3 is 9.84 Å². The maximum absolute atomic E-state index is 10.8. The molecule has 4 heteroatoms. The molecular weight excluding hydrogens is 302 g/mol. The molecule has 2 rings (SSSR count). The topological polar surface area (TPSA) is 59.4 Å². The summed E-state index contributed by atoms with van der Waals surface area (Å²) >= 11 is 0. The number of benzene rings is 1. The molecular formula is C20H25NO3. The highest BCUT2D eigenvalue weighted by atomic mass is 16.5. The summed E-state index contributed by atoms with van der Waals surface area (Å²) in [6.45, 7) is 2.98. The van der Waals surface area contributed by atoms with Crippen LogP contribution in [0.15, 0.2) is 42.6 Å². The Kier molecular flexibility index (Phi) is 7.27. The molecule has 0 unspecified atom stereocenters. The molecule has 1 aromatic carbocycles. The maximum Gasteiger partial charge on any atom is 0.354 e. The van der Waals surface area contributed by atoms with E-state index in [1.165, 1.54) is 24.8 Å². The van der Waals surface area contributed by atoms with Crippen LogP contribution in [0.2, 0.25) is 0 Å². The summed E-state index contributed by atoms with van der Waals surface area (Å²) in [4.78, 5) is 14.7. The van der Waals surface area contributed by atoms with Crippen molar-refractivity contribution < 1.29 is 14.6 Å². The fraction of sp³-hybridized carbons (Fsp3) is 0.400. The zero-order valence-corrected chi connectivity index (χ0v) is 14.2. The van der Waals surface area contributed by atoms with Crippen molar-refractivity contribution in [3.8, 4) is 5.75 Å². The Bertz CT molecular complexity index is 620. The highest BCUT2D eigenvalue weighted by molar-refractivity contribution is 5.85. The van der Waals surface area contributed by atoms with Crippen molar-refractivity contribution in [3.63, 3.8) is 0 Å². The van der Waals surface area contributed by atoms with Crippen molar-refractivity contribution in [3.05, 3.63) is 59.4 Å². The molecule has 0 bridgehead atoms. The van der Waals surface area contributed by atoms with Crippen LogP contribution in [0.1, 0.15) is 54.2 Å². The van der Waals surface area contributed by atoms with Gasteiger partial charge in [0.2, 0.25) is 0 Å². The molecule has 0 atom stereocenters. The van der Waals surface area contributed by atoms with Gasteiger partial charge in [0, 0.05) is 6.20 Å². The Morgan fingerprint density at radius 2 is 1.71 bits per heavy atom. The van der Waals surface area contributed by atoms with Crippen LogP contribution in [0.4, 0.5) is 0 Å². The summed E-state index contributed by atoms with van der Waals surface area (Å²) in [6, 6.07) is 11.6. The Balaban J connectivity index is 1.76. The summed E-state index contributed by atoms with van der Waals surface area (Å²) in [7, 11) is 0. The summed E-state index contributed by atoms with van der Waals surface area (Å²) in [5.74, 6) is -0.0745. The van der Waals surface area contributed by atoms with Crippen LogP contribution in [0, 0.1) is 0 Å². The number of ether oxygens (including phenoxy) is 1. The number of nitrogens with zero attached hydrogens (tertiary/aromatic N) is 1. The fourth-order valence-electron chi connectivity index (χ4n) is 2.46. The first-order valence-electron chi connectivity index (χ1n) is 8.59. The number of carboxylic acid groups (broad SMARTS) is 1. The molecule has 24 heavy (non-hydrogen) atoms. The number of aromatic nitrogens is 1. The third-order valence-corrected chi connectivity index (χ3v) is 3.94. The van der Waals surface area contributed by atoms with Gasteiger partial charge in [0.05, 0.1) is 6.61 Å². The van der Waals surface area contributed by atoms with E-state index in [9.17, 15) is 4.79 Å². The highest BCUT2D eigenvalue weighted by Crippen LogP contribution is 2.15. The van der Waals surface area contributed by atoms with Crippen molar-refractivity contribution in [2.75, 3.05) is 6.61 Å². The SMILES string of the molecule is CCCCCCOc1ccc(CCc2ccc(C(=O)O)nc2)cc1. The molecule has 0 amide bonds. The average Bonchev–Trinajstić information content (AvgIpc) is 2.61. The second kappa shape index (κ2) is 9.71. The molecule has 2 aromatic rings. The number of aromatic carboxylic acids is 1. The number of pyridine rings is 1. The quantitative estimate of drug-likeness (QED) is 0.652. The minimum atomic E-state index is -0.994. The van der Waals surface area contributed by atoms with E-state index in [4.69, 9.17) is 9.84 Å². The molecule has 0 radical (unpaired) electrons. The lowest BCUT2D eigenvalue weighted by molar-refractivity contribution is 0.0690. The monoisotopic (exact) mass is 327 g/mol. The molecule has 0 saturated carbocycles. The standard InChI is InChI=1S/C20H25NO3/c1-2-3-4-5-14-24-18-11-8-16(9-12-18)6-7-17-10-13-19(20(22)23)21-15-17/h8-13,15H,2-7,14H2,1H3,(H,22,23). The number of carbonyl (C=O) groups is 1. The Morgan fingerprint density at radius 1 is 1.00 bits per heavy atom. The van der Waals surface area contributed by atoms with Gasteiger partial charge in [0.25, 0.3) is 0 Å². The number of aryl methyl sites for hydroxylation is 2. The van der Waals surface area contributed by atoms with Crippen LogP contribution in [0.5, 0.6) is 5.75 Å². The first kappa shape index (κ1) is 18.0. The maximum atomic E-state index is 10.8. The Labute approximate surface area is 143 Å². The first-order valence-corrected chi connectivity index (χ1v) is 8.59. The lowest BCUT2D eigenvalue weighted by Crippen LogP contribution is -2.01. The first-order chi connectivity index (χ1) is 11.7. The Morgan fingerprint density at radius 3 is 2.33 bits per heavy atom. The van der Waals surface area contributed by atoms with Gasteiger partial charge in [-0.2, -0.15) is 0 Å². The van der Waals surface area contributed by atoms with Crippen LogP contribution < -0.4 is 4.74 Å². The second-order valence-electron chi connectivity index (χ2n) is 5.91. The van der Waals surface area contributed by atoms with Crippen molar-refractivity contribution >= 4 is 5.97 Å². The zero-order valence-electron chi connectivity index (χ0n) is 14.2. The van der Waals surface area contributed by atoms with E-state index in [0.29, 0.717) is 0 Å². The number of rotatable bonds is 10. The van der Waals surface area contributed by atoms with E-state index in [1.807, 2.05) is 18.2 Å². The van der Waals surface area contributed by atoms with Gasteiger partial charge in [-0.1, -0.05) is 44.4 Å². The number of unbranched alkanes of at least 4 members (excludes halogenated alkanes) is 3. The third kappa shape index (κ3) is 6.03. The molecule has 0 aliphatic carbocycles. The van der Waals surface area contributed by atoms with Gasteiger partial charge in [-0.15, -0.1) is 0 Å². The van der Waals surface area contributed by atoms with Crippen LogP contribution in [-0.2, 0) is 12.8 Å².